The summed E-state index contributed by atoms with van der Waals surface area (Å²) in [5.74, 6) is 0.0401. The van der Waals surface area contributed by atoms with Gasteiger partial charge in [-0.25, -0.2) is 0 Å². The molecule has 1 aliphatic rings. The number of ketones is 2. The van der Waals surface area contributed by atoms with E-state index in [-0.39, 0.29) is 30.0 Å². The molecule has 1 rings (SSSR count). The van der Waals surface area contributed by atoms with Crippen molar-refractivity contribution >= 4 is 11.6 Å². The molecular formula is C22H34O4. The van der Waals surface area contributed by atoms with E-state index in [1.165, 1.54) is 0 Å². The van der Waals surface area contributed by atoms with Gasteiger partial charge in [-0.15, -0.1) is 0 Å². The zero-order chi connectivity index (χ0) is 19.4. The lowest BCUT2D eigenvalue weighted by Crippen LogP contribution is -2.22. The molecule has 0 radical (unpaired) electrons. The molecular weight excluding hydrogens is 328 g/mol. The van der Waals surface area contributed by atoms with E-state index in [1.54, 1.807) is 6.08 Å². The van der Waals surface area contributed by atoms with Crippen molar-refractivity contribution in [3.63, 3.8) is 0 Å². The number of Topliss-reactive ketones (excluding diaryl/α,β-unsaturated/α-hetero) is 1. The summed E-state index contributed by atoms with van der Waals surface area (Å²) in [6.45, 7) is 3.60. The van der Waals surface area contributed by atoms with Crippen LogP contribution in [0.3, 0.4) is 0 Å². The molecule has 0 fully saturated rings. The molecule has 0 aromatic rings. The molecule has 0 aliphatic heterocycles. The van der Waals surface area contributed by atoms with Crippen LogP contribution < -0.4 is 0 Å². The largest absolute Gasteiger partial charge is 0.390 e. The van der Waals surface area contributed by atoms with Gasteiger partial charge in [0.2, 0.25) is 0 Å². The van der Waals surface area contributed by atoms with Crippen molar-refractivity contribution in [1.29, 1.82) is 0 Å². The molecule has 4 heteroatoms. The third-order valence-corrected chi connectivity index (χ3v) is 4.86. The number of aliphatic hydroxyl groups excluding tert-OH is 1. The van der Waals surface area contributed by atoms with E-state index in [2.05, 4.69) is 6.92 Å². The van der Waals surface area contributed by atoms with Crippen molar-refractivity contribution < 1.29 is 19.8 Å². The molecule has 0 heterocycles. The number of unbranched alkanes of at least 4 members (excludes halogenated alkanes) is 2. The van der Waals surface area contributed by atoms with Crippen LogP contribution in [0.25, 0.3) is 0 Å². The smallest absolute Gasteiger partial charge is 0.159 e. The molecule has 0 amide bonds. The predicted molar refractivity (Wildman–Crippen MR) is 105 cm³/mol. The topological polar surface area (TPSA) is 74.6 Å². The normalized spacial score (nSPS) is 22.5. The van der Waals surface area contributed by atoms with Crippen LogP contribution in [0, 0.1) is 11.8 Å². The van der Waals surface area contributed by atoms with Crippen molar-refractivity contribution in [1.82, 2.24) is 0 Å². The Morgan fingerprint density at radius 2 is 2.04 bits per heavy atom. The number of carbonyl (C=O) groups is 2. The molecule has 146 valence electrons. The van der Waals surface area contributed by atoms with Crippen molar-refractivity contribution in [2.24, 2.45) is 11.8 Å². The van der Waals surface area contributed by atoms with Gasteiger partial charge in [0.25, 0.3) is 0 Å². The maximum Gasteiger partial charge on any atom is 0.159 e. The Labute approximate surface area is 157 Å². The summed E-state index contributed by atoms with van der Waals surface area (Å²) in [6.07, 6.45) is 17.7. The van der Waals surface area contributed by atoms with Gasteiger partial charge in [-0.3, -0.25) is 9.59 Å². The summed E-state index contributed by atoms with van der Waals surface area (Å²) >= 11 is 0. The minimum absolute atomic E-state index is 0.0674. The maximum atomic E-state index is 12.1. The van der Waals surface area contributed by atoms with Gasteiger partial charge in [-0.1, -0.05) is 50.1 Å². The summed E-state index contributed by atoms with van der Waals surface area (Å²) in [6, 6.07) is 0. The molecule has 1 aliphatic carbocycles. The highest BCUT2D eigenvalue weighted by Crippen LogP contribution is 2.28. The SMILES string of the molecule is CCCCC(C)(O)C/C=C/[C@H]1C=CC(=O)[C@@H]1C/C=C\CCCC(=O)CO. The van der Waals surface area contributed by atoms with E-state index in [1.807, 2.05) is 37.3 Å². The summed E-state index contributed by atoms with van der Waals surface area (Å²) < 4.78 is 0. The van der Waals surface area contributed by atoms with Crippen molar-refractivity contribution in [3.05, 3.63) is 36.5 Å². The fourth-order valence-corrected chi connectivity index (χ4v) is 3.12. The average Bonchev–Trinajstić information content (AvgIpc) is 2.96. The Hall–Kier alpha value is -1.52. The molecule has 1 unspecified atom stereocenters. The monoisotopic (exact) mass is 362 g/mol. The third-order valence-electron chi connectivity index (χ3n) is 4.86. The number of aliphatic hydroxyl groups is 2. The molecule has 2 N–H and O–H groups in total. The number of hydrogen-bond donors (Lipinski definition) is 2. The van der Waals surface area contributed by atoms with Gasteiger partial charge in [-0.2, -0.15) is 0 Å². The summed E-state index contributed by atoms with van der Waals surface area (Å²) in [5.41, 5.74) is -0.680. The first-order valence-corrected chi connectivity index (χ1v) is 9.78. The van der Waals surface area contributed by atoms with Gasteiger partial charge < -0.3 is 10.2 Å². The molecule has 0 aromatic heterocycles. The number of hydrogen-bond acceptors (Lipinski definition) is 4. The van der Waals surface area contributed by atoms with E-state index in [4.69, 9.17) is 5.11 Å². The second-order valence-corrected chi connectivity index (χ2v) is 7.47. The minimum atomic E-state index is -0.680. The molecule has 0 bridgehead atoms. The zero-order valence-electron chi connectivity index (χ0n) is 16.2. The number of carbonyl (C=O) groups excluding carboxylic acids is 2. The van der Waals surface area contributed by atoms with Crippen LogP contribution in [0.1, 0.15) is 65.2 Å². The van der Waals surface area contributed by atoms with Crippen molar-refractivity contribution in [2.75, 3.05) is 6.61 Å². The molecule has 0 saturated heterocycles. The van der Waals surface area contributed by atoms with Gasteiger partial charge in [0.05, 0.1) is 5.60 Å². The van der Waals surface area contributed by atoms with Crippen LogP contribution in [0.5, 0.6) is 0 Å². The first-order valence-electron chi connectivity index (χ1n) is 9.78. The Morgan fingerprint density at radius 1 is 1.27 bits per heavy atom. The first-order chi connectivity index (χ1) is 12.4. The highest BCUT2D eigenvalue weighted by molar-refractivity contribution is 5.95. The fraction of sp³-hybridized carbons (Fsp3) is 0.636. The van der Waals surface area contributed by atoms with E-state index < -0.39 is 5.60 Å². The Kier molecular flexibility index (Phi) is 10.4. The molecule has 0 spiro atoms. The Balaban J connectivity index is 2.41. The lowest BCUT2D eigenvalue weighted by Gasteiger charge is -2.21. The van der Waals surface area contributed by atoms with Gasteiger partial charge >= 0.3 is 0 Å². The van der Waals surface area contributed by atoms with Crippen LogP contribution in [-0.4, -0.2) is 34.0 Å². The van der Waals surface area contributed by atoms with Gasteiger partial charge in [0.1, 0.15) is 6.61 Å². The lowest BCUT2D eigenvalue weighted by atomic mass is 9.89. The van der Waals surface area contributed by atoms with Crippen LogP contribution in [0.2, 0.25) is 0 Å². The standard InChI is InChI=1S/C22H34O4/c1-3-4-15-22(2,26)16-9-10-18-13-14-21(25)20(18)12-8-6-5-7-11-19(24)17-23/h6,8-10,13-14,18,20,23,26H,3-5,7,11-12,15-17H2,1-2H3/b8-6-,10-9+/t18-,20+,22?/m0/s1. The summed E-state index contributed by atoms with van der Waals surface area (Å²) in [5, 5.41) is 19.0. The van der Waals surface area contributed by atoms with E-state index in [0.717, 1.165) is 32.1 Å². The summed E-state index contributed by atoms with van der Waals surface area (Å²) in [4.78, 5) is 23.1. The quantitative estimate of drug-likeness (QED) is 0.385. The van der Waals surface area contributed by atoms with E-state index in [9.17, 15) is 14.7 Å². The second kappa shape index (κ2) is 12.0. The minimum Gasteiger partial charge on any atom is -0.390 e. The van der Waals surface area contributed by atoms with Crippen molar-refractivity contribution in [2.45, 2.75) is 70.8 Å². The van der Waals surface area contributed by atoms with Gasteiger partial charge in [0.15, 0.2) is 11.6 Å². The lowest BCUT2D eigenvalue weighted by molar-refractivity contribution is -0.121. The van der Waals surface area contributed by atoms with Crippen LogP contribution >= 0.6 is 0 Å². The Bertz CT molecular complexity index is 528. The third kappa shape index (κ3) is 8.72. The molecule has 4 nitrogen and oxygen atoms in total. The highest BCUT2D eigenvalue weighted by atomic mass is 16.3. The van der Waals surface area contributed by atoms with E-state index >= 15 is 0 Å². The highest BCUT2D eigenvalue weighted by Gasteiger charge is 2.27. The van der Waals surface area contributed by atoms with Crippen LogP contribution in [-0.2, 0) is 9.59 Å². The predicted octanol–water partition coefficient (Wildman–Crippen LogP) is 3.92. The molecule has 0 saturated carbocycles. The summed E-state index contributed by atoms with van der Waals surface area (Å²) in [7, 11) is 0. The molecule has 26 heavy (non-hydrogen) atoms. The Morgan fingerprint density at radius 3 is 2.73 bits per heavy atom. The maximum absolute atomic E-state index is 12.1. The second-order valence-electron chi connectivity index (χ2n) is 7.47. The zero-order valence-corrected chi connectivity index (χ0v) is 16.2. The fourth-order valence-electron chi connectivity index (χ4n) is 3.12. The van der Waals surface area contributed by atoms with Crippen LogP contribution in [0.15, 0.2) is 36.5 Å². The first kappa shape index (κ1) is 22.5. The van der Waals surface area contributed by atoms with Gasteiger partial charge in [0, 0.05) is 18.3 Å². The van der Waals surface area contributed by atoms with Gasteiger partial charge in [-0.05, 0) is 45.1 Å². The van der Waals surface area contributed by atoms with Crippen molar-refractivity contribution in [3.8, 4) is 0 Å². The molecule has 3 atom stereocenters. The average molecular weight is 363 g/mol. The number of allylic oxidation sites excluding steroid dienone is 5. The number of rotatable bonds is 13. The van der Waals surface area contributed by atoms with E-state index in [0.29, 0.717) is 19.3 Å². The molecule has 0 aromatic carbocycles. The van der Waals surface area contributed by atoms with Crippen LogP contribution in [0.4, 0.5) is 0 Å².